The smallest absolute Gasteiger partial charge is 0.313 e. The van der Waals surface area contributed by atoms with Gasteiger partial charge in [-0.25, -0.2) is 0 Å². The van der Waals surface area contributed by atoms with E-state index >= 15 is 0 Å². The van der Waals surface area contributed by atoms with Gasteiger partial charge in [-0.15, -0.1) is 0 Å². The molecule has 0 unspecified atom stereocenters. The molecule has 1 heterocycles. The topological polar surface area (TPSA) is 72.4 Å². The zero-order valence-electron chi connectivity index (χ0n) is 14.1. The molecule has 6 nitrogen and oxygen atoms in total. The van der Waals surface area contributed by atoms with E-state index in [-0.39, 0.29) is 0 Å². The Hall–Kier alpha value is -3.28. The Balaban J connectivity index is 1.87. The number of hydrogen-bond donors (Lipinski definition) is 2. The first kappa shape index (κ1) is 16.6. The van der Waals surface area contributed by atoms with Gasteiger partial charge in [0.2, 0.25) is 0 Å². The SMILES string of the molecule is CNC(=O)C(=O)Nc1ccc2ccn(Cc3cccc(OC)c3)c2c1. The molecule has 0 aliphatic heterocycles. The van der Waals surface area contributed by atoms with Gasteiger partial charge in [-0.05, 0) is 41.3 Å². The largest absolute Gasteiger partial charge is 0.497 e. The van der Waals surface area contributed by atoms with Crippen molar-refractivity contribution in [3.8, 4) is 5.75 Å². The first-order chi connectivity index (χ1) is 12.1. The molecule has 0 saturated carbocycles. The summed E-state index contributed by atoms with van der Waals surface area (Å²) in [6, 6.07) is 15.4. The van der Waals surface area contributed by atoms with Crippen molar-refractivity contribution >= 4 is 28.4 Å². The number of fused-ring (bicyclic) bond motifs is 1. The van der Waals surface area contributed by atoms with E-state index in [4.69, 9.17) is 4.74 Å². The zero-order chi connectivity index (χ0) is 17.8. The Labute approximate surface area is 145 Å². The molecule has 0 bridgehead atoms. The van der Waals surface area contributed by atoms with Crippen molar-refractivity contribution in [1.82, 2.24) is 9.88 Å². The molecule has 128 valence electrons. The third kappa shape index (κ3) is 3.63. The Morgan fingerprint density at radius 2 is 1.92 bits per heavy atom. The van der Waals surface area contributed by atoms with Crippen molar-refractivity contribution in [1.29, 1.82) is 0 Å². The summed E-state index contributed by atoms with van der Waals surface area (Å²) < 4.78 is 7.35. The number of methoxy groups -OCH3 is 1. The summed E-state index contributed by atoms with van der Waals surface area (Å²) in [5.41, 5.74) is 2.65. The van der Waals surface area contributed by atoms with Gasteiger partial charge in [0.25, 0.3) is 0 Å². The summed E-state index contributed by atoms with van der Waals surface area (Å²) >= 11 is 0. The molecule has 0 spiro atoms. The normalized spacial score (nSPS) is 10.5. The van der Waals surface area contributed by atoms with Gasteiger partial charge in [-0.1, -0.05) is 18.2 Å². The van der Waals surface area contributed by atoms with Crippen LogP contribution in [0.25, 0.3) is 10.9 Å². The van der Waals surface area contributed by atoms with Crippen LogP contribution in [-0.4, -0.2) is 30.5 Å². The van der Waals surface area contributed by atoms with Crippen LogP contribution in [0, 0.1) is 0 Å². The minimum Gasteiger partial charge on any atom is -0.497 e. The van der Waals surface area contributed by atoms with Gasteiger partial charge in [0.1, 0.15) is 5.75 Å². The number of benzene rings is 2. The number of nitrogens with zero attached hydrogens (tertiary/aromatic N) is 1. The van der Waals surface area contributed by atoms with E-state index in [1.165, 1.54) is 7.05 Å². The molecule has 0 aliphatic carbocycles. The maximum atomic E-state index is 11.7. The molecular weight excluding hydrogens is 318 g/mol. The van der Waals surface area contributed by atoms with E-state index < -0.39 is 11.8 Å². The molecule has 3 aromatic rings. The lowest BCUT2D eigenvalue weighted by molar-refractivity contribution is -0.135. The van der Waals surface area contributed by atoms with Crippen LogP contribution < -0.4 is 15.4 Å². The molecule has 2 amide bonds. The minimum absolute atomic E-state index is 0.576. The molecule has 1 aromatic heterocycles. The fourth-order valence-electron chi connectivity index (χ4n) is 2.67. The van der Waals surface area contributed by atoms with E-state index in [0.29, 0.717) is 12.2 Å². The monoisotopic (exact) mass is 337 g/mol. The second-order valence-electron chi connectivity index (χ2n) is 5.60. The van der Waals surface area contributed by atoms with Crippen LogP contribution in [-0.2, 0) is 16.1 Å². The molecule has 0 fully saturated rings. The van der Waals surface area contributed by atoms with Crippen molar-refractivity contribution in [2.75, 3.05) is 19.5 Å². The lowest BCUT2D eigenvalue weighted by Gasteiger charge is -2.09. The number of anilines is 1. The number of hydrogen-bond acceptors (Lipinski definition) is 3. The number of amides is 2. The summed E-state index contributed by atoms with van der Waals surface area (Å²) in [6.07, 6.45) is 1.99. The number of aromatic nitrogens is 1. The van der Waals surface area contributed by atoms with Gasteiger partial charge >= 0.3 is 11.8 Å². The van der Waals surface area contributed by atoms with Crippen molar-refractivity contribution in [2.24, 2.45) is 0 Å². The van der Waals surface area contributed by atoms with Crippen LogP contribution in [0.4, 0.5) is 5.69 Å². The van der Waals surface area contributed by atoms with Crippen molar-refractivity contribution in [3.05, 3.63) is 60.3 Å². The van der Waals surface area contributed by atoms with Gasteiger partial charge in [-0.2, -0.15) is 0 Å². The predicted octanol–water partition coefficient (Wildman–Crippen LogP) is 2.38. The summed E-state index contributed by atoms with van der Waals surface area (Å²) in [5.74, 6) is -0.549. The highest BCUT2D eigenvalue weighted by Crippen LogP contribution is 2.22. The first-order valence-corrected chi connectivity index (χ1v) is 7.85. The van der Waals surface area contributed by atoms with Crippen molar-refractivity contribution in [2.45, 2.75) is 6.54 Å². The highest BCUT2D eigenvalue weighted by molar-refractivity contribution is 6.39. The summed E-state index contributed by atoms with van der Waals surface area (Å²) in [6.45, 7) is 0.674. The molecule has 3 rings (SSSR count). The highest BCUT2D eigenvalue weighted by atomic mass is 16.5. The Bertz CT molecular complexity index is 931. The maximum absolute atomic E-state index is 11.7. The lowest BCUT2D eigenvalue weighted by Crippen LogP contribution is -2.32. The molecule has 2 aromatic carbocycles. The highest BCUT2D eigenvalue weighted by Gasteiger charge is 2.12. The number of rotatable bonds is 4. The van der Waals surface area contributed by atoms with E-state index in [1.54, 1.807) is 13.2 Å². The van der Waals surface area contributed by atoms with Gasteiger partial charge in [0.15, 0.2) is 0 Å². The number of carbonyl (C=O) groups is 2. The quantitative estimate of drug-likeness (QED) is 0.718. The third-order valence-electron chi connectivity index (χ3n) is 3.95. The van der Waals surface area contributed by atoms with E-state index in [0.717, 1.165) is 22.2 Å². The summed E-state index contributed by atoms with van der Waals surface area (Å²) in [4.78, 5) is 23.1. The van der Waals surface area contributed by atoms with Gasteiger partial charge < -0.3 is 19.9 Å². The van der Waals surface area contributed by atoms with Crippen LogP contribution >= 0.6 is 0 Å². The first-order valence-electron chi connectivity index (χ1n) is 7.85. The van der Waals surface area contributed by atoms with Crippen LogP contribution in [0.3, 0.4) is 0 Å². The second-order valence-corrected chi connectivity index (χ2v) is 5.60. The van der Waals surface area contributed by atoms with E-state index in [2.05, 4.69) is 15.2 Å². The number of likely N-dealkylation sites (N-methyl/N-ethyl adjacent to an activating group) is 1. The molecule has 25 heavy (non-hydrogen) atoms. The average Bonchev–Trinajstić information content (AvgIpc) is 3.03. The Kier molecular flexibility index (Phi) is 4.70. The van der Waals surface area contributed by atoms with E-state index in [9.17, 15) is 9.59 Å². The molecule has 0 radical (unpaired) electrons. The Morgan fingerprint density at radius 1 is 1.08 bits per heavy atom. The van der Waals surface area contributed by atoms with Crippen LogP contribution in [0.5, 0.6) is 5.75 Å². The van der Waals surface area contributed by atoms with Crippen molar-refractivity contribution in [3.63, 3.8) is 0 Å². The zero-order valence-corrected chi connectivity index (χ0v) is 14.1. The fraction of sp³-hybridized carbons (Fsp3) is 0.158. The maximum Gasteiger partial charge on any atom is 0.313 e. The van der Waals surface area contributed by atoms with E-state index in [1.807, 2.05) is 48.7 Å². The molecule has 2 N–H and O–H groups in total. The van der Waals surface area contributed by atoms with Crippen LogP contribution in [0.1, 0.15) is 5.56 Å². The predicted molar refractivity (Wildman–Crippen MR) is 96.7 cm³/mol. The number of nitrogens with one attached hydrogen (secondary N) is 2. The average molecular weight is 337 g/mol. The molecule has 6 heteroatoms. The molecule has 0 saturated heterocycles. The molecule has 0 aliphatic rings. The summed E-state index contributed by atoms with van der Waals surface area (Å²) in [7, 11) is 3.07. The minimum atomic E-state index is -0.687. The van der Waals surface area contributed by atoms with Gasteiger partial charge in [0.05, 0.1) is 12.6 Å². The van der Waals surface area contributed by atoms with Gasteiger partial charge in [0, 0.05) is 25.5 Å². The van der Waals surface area contributed by atoms with Crippen LogP contribution in [0.15, 0.2) is 54.7 Å². The Morgan fingerprint density at radius 3 is 2.68 bits per heavy atom. The molecule has 0 atom stereocenters. The second kappa shape index (κ2) is 7.09. The summed E-state index contributed by atoms with van der Waals surface area (Å²) in [5, 5.41) is 5.96. The molecular formula is C19H19N3O3. The van der Waals surface area contributed by atoms with Crippen molar-refractivity contribution < 1.29 is 14.3 Å². The number of ether oxygens (including phenoxy) is 1. The standard InChI is InChI=1S/C19H19N3O3/c1-20-18(23)19(24)21-15-7-6-14-8-9-22(17(14)11-15)12-13-4-3-5-16(10-13)25-2/h3-11H,12H2,1-2H3,(H,20,23)(H,21,24). The van der Waals surface area contributed by atoms with Crippen LogP contribution in [0.2, 0.25) is 0 Å². The fourth-order valence-corrected chi connectivity index (χ4v) is 2.67. The third-order valence-corrected chi connectivity index (χ3v) is 3.95. The lowest BCUT2D eigenvalue weighted by atomic mass is 10.2. The number of carbonyl (C=O) groups excluding carboxylic acids is 2. The van der Waals surface area contributed by atoms with Gasteiger partial charge in [-0.3, -0.25) is 9.59 Å².